The average molecular weight is 396 g/mol. The van der Waals surface area contributed by atoms with Crippen LogP contribution in [-0.2, 0) is 11.2 Å². The molecule has 1 aliphatic rings. The molecule has 0 saturated carbocycles. The van der Waals surface area contributed by atoms with Crippen LogP contribution in [0.1, 0.15) is 31.8 Å². The Balaban J connectivity index is 1.70. The molecule has 1 atom stereocenters. The highest BCUT2D eigenvalue weighted by atomic mass is 16.5. The molecule has 0 aromatic heterocycles. The number of benzene rings is 3. The van der Waals surface area contributed by atoms with Crippen molar-refractivity contribution in [2.45, 2.75) is 12.5 Å². The summed E-state index contributed by atoms with van der Waals surface area (Å²) >= 11 is 0. The lowest BCUT2D eigenvalue weighted by atomic mass is 10.0. The second-order valence-corrected chi connectivity index (χ2v) is 6.76. The van der Waals surface area contributed by atoms with Crippen LogP contribution in [0.15, 0.2) is 78.9 Å². The number of carbonyl (C=O) groups excluding carboxylic acids is 3. The number of ether oxygens (including phenoxy) is 1. The van der Waals surface area contributed by atoms with Crippen molar-refractivity contribution in [3.05, 3.63) is 101 Å². The molecule has 146 valence electrons. The summed E-state index contributed by atoms with van der Waals surface area (Å²) in [6.45, 7) is 0. The van der Waals surface area contributed by atoms with Gasteiger partial charge in [0, 0.05) is 6.42 Å². The maximum atomic E-state index is 13.1. The molecule has 30 heavy (non-hydrogen) atoms. The highest BCUT2D eigenvalue weighted by Crippen LogP contribution is 2.27. The Hall–Kier alpha value is -4.24. The number of fused-ring (bicyclic) bond motifs is 1. The summed E-state index contributed by atoms with van der Waals surface area (Å²) in [6, 6.07) is 22.6. The molecular weight excluding hydrogens is 380 g/mol. The van der Waals surface area contributed by atoms with Gasteiger partial charge in [0.15, 0.2) is 0 Å². The van der Waals surface area contributed by atoms with Crippen molar-refractivity contribution < 1.29 is 19.1 Å². The number of hydrogen-bond acceptors (Lipinski definition) is 5. The Labute approximate surface area is 172 Å². The zero-order chi connectivity index (χ0) is 21.1. The van der Waals surface area contributed by atoms with Gasteiger partial charge >= 0.3 is 5.97 Å². The third-order valence-corrected chi connectivity index (χ3v) is 4.90. The molecule has 2 amide bonds. The third-order valence-electron chi connectivity index (χ3n) is 4.90. The zero-order valence-corrected chi connectivity index (χ0v) is 15.8. The highest BCUT2D eigenvalue weighted by Gasteiger charge is 2.43. The van der Waals surface area contributed by atoms with E-state index in [4.69, 9.17) is 4.74 Å². The third kappa shape index (κ3) is 3.45. The fraction of sp³-hybridized carbons (Fsp3) is 0.0833. The van der Waals surface area contributed by atoms with E-state index in [-0.39, 0.29) is 28.9 Å². The SMILES string of the molecule is N#Cc1ccccc1OC(=O)[C@@H](Cc1ccccc1)N1C(=O)c2ccccc2C1=O. The van der Waals surface area contributed by atoms with E-state index in [0.717, 1.165) is 10.5 Å². The van der Waals surface area contributed by atoms with Crippen molar-refractivity contribution in [2.24, 2.45) is 0 Å². The summed E-state index contributed by atoms with van der Waals surface area (Å²) < 4.78 is 5.47. The Morgan fingerprint density at radius 3 is 2.07 bits per heavy atom. The van der Waals surface area contributed by atoms with E-state index in [2.05, 4.69) is 0 Å². The molecule has 0 aliphatic carbocycles. The van der Waals surface area contributed by atoms with E-state index in [9.17, 15) is 19.6 Å². The van der Waals surface area contributed by atoms with Crippen LogP contribution in [0.25, 0.3) is 0 Å². The molecule has 6 nitrogen and oxygen atoms in total. The lowest BCUT2D eigenvalue weighted by molar-refractivity contribution is -0.138. The topological polar surface area (TPSA) is 87.5 Å². The Kier molecular flexibility index (Phi) is 5.10. The second-order valence-electron chi connectivity index (χ2n) is 6.76. The number of nitrogens with zero attached hydrogens (tertiary/aromatic N) is 2. The molecular formula is C24H16N2O4. The summed E-state index contributed by atoms with van der Waals surface area (Å²) in [5.41, 5.74) is 1.47. The Bertz CT molecular complexity index is 1150. The minimum absolute atomic E-state index is 0.0830. The van der Waals surface area contributed by atoms with Gasteiger partial charge in [-0.2, -0.15) is 5.26 Å². The van der Waals surface area contributed by atoms with Crippen molar-refractivity contribution >= 4 is 17.8 Å². The molecule has 0 bridgehead atoms. The van der Waals surface area contributed by atoms with E-state index >= 15 is 0 Å². The van der Waals surface area contributed by atoms with Gasteiger partial charge in [-0.05, 0) is 29.8 Å². The summed E-state index contributed by atoms with van der Waals surface area (Å²) in [5.74, 6) is -1.78. The van der Waals surface area contributed by atoms with Gasteiger partial charge in [-0.3, -0.25) is 14.5 Å². The van der Waals surface area contributed by atoms with Crippen LogP contribution in [0.3, 0.4) is 0 Å². The van der Waals surface area contributed by atoms with Crippen molar-refractivity contribution in [1.29, 1.82) is 5.26 Å². The zero-order valence-electron chi connectivity index (χ0n) is 15.8. The number of para-hydroxylation sites is 1. The standard InChI is InChI=1S/C24H16N2O4/c25-15-17-10-4-7-13-21(17)30-24(29)20(14-16-8-2-1-3-9-16)26-22(27)18-11-5-6-12-19(18)23(26)28/h1-13,20H,14H2/t20-/m1/s1. The first-order chi connectivity index (χ1) is 14.6. The molecule has 3 aromatic rings. The van der Waals surface area contributed by atoms with E-state index in [1.165, 1.54) is 12.1 Å². The molecule has 3 aromatic carbocycles. The van der Waals surface area contributed by atoms with Gasteiger partial charge in [-0.15, -0.1) is 0 Å². The van der Waals surface area contributed by atoms with E-state index in [1.54, 1.807) is 36.4 Å². The summed E-state index contributed by atoms with van der Waals surface area (Å²) in [6.07, 6.45) is 0.0971. The van der Waals surface area contributed by atoms with E-state index in [0.29, 0.717) is 0 Å². The van der Waals surface area contributed by atoms with Gasteiger partial charge < -0.3 is 4.74 Å². The average Bonchev–Trinajstić information content (AvgIpc) is 3.03. The molecule has 4 rings (SSSR count). The second kappa shape index (κ2) is 8.02. The first-order valence-corrected chi connectivity index (χ1v) is 9.32. The van der Waals surface area contributed by atoms with Crippen LogP contribution in [0.2, 0.25) is 0 Å². The Morgan fingerprint density at radius 2 is 1.43 bits per heavy atom. The van der Waals surface area contributed by atoms with Crippen molar-refractivity contribution in [3.8, 4) is 11.8 Å². The van der Waals surface area contributed by atoms with Gasteiger partial charge in [-0.25, -0.2) is 4.79 Å². The lowest BCUT2D eigenvalue weighted by Crippen LogP contribution is -2.48. The van der Waals surface area contributed by atoms with Gasteiger partial charge in [0.2, 0.25) is 0 Å². The molecule has 1 aliphatic heterocycles. The number of rotatable bonds is 5. The molecule has 1 heterocycles. The highest BCUT2D eigenvalue weighted by molar-refractivity contribution is 6.22. The molecule has 0 fully saturated rings. The van der Waals surface area contributed by atoms with Crippen molar-refractivity contribution in [3.63, 3.8) is 0 Å². The number of amides is 2. The number of carbonyl (C=O) groups is 3. The maximum absolute atomic E-state index is 13.1. The number of nitriles is 1. The van der Waals surface area contributed by atoms with Gasteiger partial charge in [0.05, 0.1) is 16.7 Å². The van der Waals surface area contributed by atoms with Crippen molar-refractivity contribution in [2.75, 3.05) is 0 Å². The normalized spacial score (nSPS) is 13.5. The van der Waals surface area contributed by atoms with E-state index < -0.39 is 23.8 Å². The predicted octanol–water partition coefficient (Wildman–Crippen LogP) is 3.37. The molecule has 0 N–H and O–H groups in total. The minimum Gasteiger partial charge on any atom is -0.424 e. The quantitative estimate of drug-likeness (QED) is 0.375. The fourth-order valence-corrected chi connectivity index (χ4v) is 3.43. The first kappa shape index (κ1) is 19.1. The van der Waals surface area contributed by atoms with Gasteiger partial charge in [0.1, 0.15) is 17.9 Å². The molecule has 0 radical (unpaired) electrons. The van der Waals surface area contributed by atoms with Gasteiger partial charge in [0.25, 0.3) is 11.8 Å². The number of esters is 1. The lowest BCUT2D eigenvalue weighted by Gasteiger charge is -2.24. The van der Waals surface area contributed by atoms with Crippen LogP contribution in [0.5, 0.6) is 5.75 Å². The largest absolute Gasteiger partial charge is 0.424 e. The molecule has 0 saturated heterocycles. The van der Waals surface area contributed by atoms with Crippen LogP contribution in [0, 0.1) is 11.3 Å². The number of hydrogen-bond donors (Lipinski definition) is 0. The van der Waals surface area contributed by atoms with Crippen LogP contribution in [0.4, 0.5) is 0 Å². The fourth-order valence-electron chi connectivity index (χ4n) is 3.43. The van der Waals surface area contributed by atoms with Crippen LogP contribution in [-0.4, -0.2) is 28.7 Å². The number of imide groups is 1. The van der Waals surface area contributed by atoms with Crippen LogP contribution >= 0.6 is 0 Å². The molecule has 0 unspecified atom stereocenters. The smallest absolute Gasteiger partial charge is 0.335 e. The van der Waals surface area contributed by atoms with Crippen LogP contribution < -0.4 is 4.74 Å². The summed E-state index contributed by atoms with van der Waals surface area (Å²) in [4.78, 5) is 40.0. The predicted molar refractivity (Wildman–Crippen MR) is 108 cm³/mol. The monoisotopic (exact) mass is 396 g/mol. The maximum Gasteiger partial charge on any atom is 0.335 e. The summed E-state index contributed by atoms with van der Waals surface area (Å²) in [7, 11) is 0. The molecule has 0 spiro atoms. The summed E-state index contributed by atoms with van der Waals surface area (Å²) in [5, 5.41) is 9.26. The van der Waals surface area contributed by atoms with E-state index in [1.807, 2.05) is 36.4 Å². The molecule has 6 heteroatoms. The van der Waals surface area contributed by atoms with Gasteiger partial charge in [-0.1, -0.05) is 54.6 Å². The Morgan fingerprint density at radius 1 is 0.867 bits per heavy atom. The van der Waals surface area contributed by atoms with Crippen molar-refractivity contribution in [1.82, 2.24) is 4.90 Å². The first-order valence-electron chi connectivity index (χ1n) is 9.32. The minimum atomic E-state index is -1.17.